The van der Waals surface area contributed by atoms with E-state index >= 15 is 0 Å². The van der Waals surface area contributed by atoms with Gasteiger partial charge in [0.2, 0.25) is 11.1 Å². The number of rotatable bonds is 5. The number of ether oxygens (including phenoxy) is 1. The summed E-state index contributed by atoms with van der Waals surface area (Å²) in [6.07, 6.45) is -1.03. The summed E-state index contributed by atoms with van der Waals surface area (Å²) in [5.74, 6) is -1.40. The van der Waals surface area contributed by atoms with Gasteiger partial charge in [0.15, 0.2) is 6.10 Å². The van der Waals surface area contributed by atoms with Crippen LogP contribution in [-0.4, -0.2) is 34.3 Å². The van der Waals surface area contributed by atoms with Crippen LogP contribution in [0.3, 0.4) is 0 Å². The molecule has 132 valence electrons. The zero-order chi connectivity index (χ0) is 18.6. The zero-order valence-electron chi connectivity index (χ0n) is 14.1. The Morgan fingerprint density at radius 3 is 2.56 bits per heavy atom. The maximum absolute atomic E-state index is 12.2. The van der Waals surface area contributed by atoms with Gasteiger partial charge in [-0.2, -0.15) is 5.10 Å². The Morgan fingerprint density at radius 2 is 1.96 bits per heavy atom. The fraction of sp³-hybridized carbons (Fsp3) is 0.294. The predicted molar refractivity (Wildman–Crippen MR) is 93.1 cm³/mol. The van der Waals surface area contributed by atoms with Crippen molar-refractivity contribution in [1.29, 1.82) is 0 Å². The Hall–Kier alpha value is -2.67. The number of nitrogens with one attached hydrogen (secondary N) is 1. The van der Waals surface area contributed by atoms with Crippen LogP contribution in [0, 0.1) is 6.92 Å². The van der Waals surface area contributed by atoms with Crippen molar-refractivity contribution in [2.45, 2.75) is 26.9 Å². The molecule has 0 aliphatic rings. The van der Waals surface area contributed by atoms with E-state index in [1.165, 1.54) is 17.7 Å². The molecule has 2 rings (SSSR count). The number of halogens is 1. The molecular weight excluding hydrogens is 346 g/mol. The smallest absolute Gasteiger partial charge is 0.363 e. The minimum Gasteiger partial charge on any atom is -0.448 e. The Labute approximate surface area is 149 Å². The summed E-state index contributed by atoms with van der Waals surface area (Å²) in [7, 11) is 0. The second kappa shape index (κ2) is 7.94. The third-order valence-electron chi connectivity index (χ3n) is 3.38. The molecule has 0 spiro atoms. The first-order valence-corrected chi connectivity index (χ1v) is 8.07. The van der Waals surface area contributed by atoms with Crippen LogP contribution < -0.4 is 10.7 Å². The van der Waals surface area contributed by atoms with Crippen LogP contribution in [0.2, 0.25) is 5.02 Å². The molecule has 25 heavy (non-hydrogen) atoms. The van der Waals surface area contributed by atoms with E-state index in [1.54, 1.807) is 38.1 Å². The van der Waals surface area contributed by atoms with Crippen molar-refractivity contribution in [3.8, 4) is 5.69 Å². The summed E-state index contributed by atoms with van der Waals surface area (Å²) in [5, 5.41) is 7.17. The van der Waals surface area contributed by atoms with Gasteiger partial charge in [0.25, 0.3) is 5.91 Å². The molecule has 8 heteroatoms. The highest BCUT2D eigenvalue weighted by atomic mass is 35.5. The fourth-order valence-corrected chi connectivity index (χ4v) is 2.25. The summed E-state index contributed by atoms with van der Waals surface area (Å²) < 4.78 is 6.47. The van der Waals surface area contributed by atoms with Crippen LogP contribution in [0.25, 0.3) is 5.69 Å². The fourth-order valence-electron chi connectivity index (χ4n) is 2.12. The lowest BCUT2D eigenvalue weighted by atomic mass is 10.3. The van der Waals surface area contributed by atoms with Crippen molar-refractivity contribution in [1.82, 2.24) is 15.1 Å². The molecule has 7 nitrogen and oxygen atoms in total. The van der Waals surface area contributed by atoms with Gasteiger partial charge in [0.05, 0.1) is 5.69 Å². The molecule has 0 aliphatic heterocycles. The molecule has 1 N–H and O–H groups in total. The topological polar surface area (TPSA) is 90.3 Å². The lowest BCUT2D eigenvalue weighted by Crippen LogP contribution is -2.37. The molecule has 1 heterocycles. The van der Waals surface area contributed by atoms with Gasteiger partial charge in [-0.15, -0.1) is 0 Å². The lowest BCUT2D eigenvalue weighted by molar-refractivity contribution is -0.128. The van der Waals surface area contributed by atoms with E-state index in [1.807, 2.05) is 0 Å². The molecule has 2 aromatic rings. The van der Waals surface area contributed by atoms with Gasteiger partial charge >= 0.3 is 5.97 Å². The normalized spacial score (nSPS) is 11.7. The average molecular weight is 364 g/mol. The van der Waals surface area contributed by atoms with E-state index in [-0.39, 0.29) is 0 Å². The Morgan fingerprint density at radius 1 is 1.32 bits per heavy atom. The second-order valence-corrected chi connectivity index (χ2v) is 5.77. The van der Waals surface area contributed by atoms with Crippen molar-refractivity contribution in [2.24, 2.45) is 0 Å². The summed E-state index contributed by atoms with van der Waals surface area (Å²) >= 11 is 5.87. The monoisotopic (exact) mass is 363 g/mol. The van der Waals surface area contributed by atoms with E-state index in [4.69, 9.17) is 16.3 Å². The van der Waals surface area contributed by atoms with Crippen LogP contribution in [0.15, 0.2) is 35.1 Å². The molecule has 1 atom stereocenters. The molecule has 1 amide bonds. The highest BCUT2D eigenvalue weighted by Gasteiger charge is 2.22. The van der Waals surface area contributed by atoms with Crippen molar-refractivity contribution in [3.63, 3.8) is 0 Å². The molecule has 1 aromatic carbocycles. The van der Waals surface area contributed by atoms with Crippen molar-refractivity contribution in [3.05, 3.63) is 57.0 Å². The molecule has 0 saturated carbocycles. The van der Waals surface area contributed by atoms with Gasteiger partial charge in [-0.05, 0) is 45.0 Å². The largest absolute Gasteiger partial charge is 0.448 e. The van der Waals surface area contributed by atoms with Gasteiger partial charge in [-0.1, -0.05) is 11.6 Å². The Balaban J connectivity index is 2.33. The first-order chi connectivity index (χ1) is 11.8. The van der Waals surface area contributed by atoms with Gasteiger partial charge < -0.3 is 10.1 Å². The Kier molecular flexibility index (Phi) is 5.93. The summed E-state index contributed by atoms with van der Waals surface area (Å²) in [5.41, 5.74) is 0.209. The first kappa shape index (κ1) is 18.7. The Bertz CT molecular complexity index is 846. The van der Waals surface area contributed by atoms with Crippen LogP contribution >= 0.6 is 11.6 Å². The summed E-state index contributed by atoms with van der Waals surface area (Å²) in [6.45, 7) is 5.27. The quantitative estimate of drug-likeness (QED) is 0.819. The molecule has 1 aromatic heterocycles. The maximum atomic E-state index is 12.2. The summed E-state index contributed by atoms with van der Waals surface area (Å²) in [4.78, 5) is 36.0. The van der Waals surface area contributed by atoms with Crippen LogP contribution in [-0.2, 0) is 9.53 Å². The molecule has 0 bridgehead atoms. The number of hydrogen-bond acceptors (Lipinski definition) is 5. The van der Waals surface area contributed by atoms with Crippen molar-refractivity contribution < 1.29 is 14.3 Å². The first-order valence-electron chi connectivity index (χ1n) is 7.69. The highest BCUT2D eigenvalue weighted by Crippen LogP contribution is 2.14. The van der Waals surface area contributed by atoms with E-state index < -0.39 is 29.1 Å². The van der Waals surface area contributed by atoms with Crippen LogP contribution in [0.5, 0.6) is 0 Å². The number of likely N-dealkylation sites (N-methyl/N-ethyl adjacent to an activating group) is 1. The third kappa shape index (κ3) is 4.45. The van der Waals surface area contributed by atoms with Crippen molar-refractivity contribution >= 4 is 23.5 Å². The average Bonchev–Trinajstić information content (AvgIpc) is 2.56. The van der Waals surface area contributed by atoms with Gasteiger partial charge in [0, 0.05) is 23.3 Å². The van der Waals surface area contributed by atoms with Gasteiger partial charge in [-0.25, -0.2) is 9.48 Å². The summed E-state index contributed by atoms with van der Waals surface area (Å²) in [6, 6.07) is 8.05. The predicted octanol–water partition coefficient (Wildman–Crippen LogP) is 1.88. The number of aromatic nitrogens is 2. The number of amides is 1. The number of aryl methyl sites for hydroxylation is 1. The van der Waals surface area contributed by atoms with E-state index in [2.05, 4.69) is 10.4 Å². The standard InChI is InChI=1S/C17H18ClN3O4/c1-4-19-16(23)11(3)25-17(24)15-14(22)9-10(2)21(20-15)13-7-5-12(18)6-8-13/h5-9,11H,4H2,1-3H3,(H,19,23)/t11-/m1/s1. The molecule has 0 fully saturated rings. The number of nitrogens with zero attached hydrogens (tertiary/aromatic N) is 2. The molecular formula is C17H18ClN3O4. The maximum Gasteiger partial charge on any atom is 0.363 e. The molecule has 0 unspecified atom stereocenters. The highest BCUT2D eigenvalue weighted by molar-refractivity contribution is 6.30. The van der Waals surface area contributed by atoms with E-state index in [9.17, 15) is 14.4 Å². The lowest BCUT2D eigenvalue weighted by Gasteiger charge is -2.14. The van der Waals surface area contributed by atoms with Crippen LogP contribution in [0.1, 0.15) is 30.0 Å². The van der Waals surface area contributed by atoms with E-state index in [0.29, 0.717) is 22.9 Å². The number of carbonyl (C=O) groups is 2. The molecule has 0 aliphatic carbocycles. The van der Waals surface area contributed by atoms with Gasteiger partial charge in [0.1, 0.15) is 0 Å². The molecule has 0 saturated heterocycles. The number of esters is 1. The second-order valence-electron chi connectivity index (χ2n) is 5.33. The third-order valence-corrected chi connectivity index (χ3v) is 3.63. The minimum absolute atomic E-state index is 0.392. The minimum atomic E-state index is -1.03. The SMILES string of the molecule is CCNC(=O)[C@@H](C)OC(=O)c1nn(-c2ccc(Cl)cc2)c(C)cc1=O. The van der Waals surface area contributed by atoms with Gasteiger partial charge in [-0.3, -0.25) is 9.59 Å². The molecule has 0 radical (unpaired) electrons. The van der Waals surface area contributed by atoms with Crippen LogP contribution in [0.4, 0.5) is 0 Å². The number of hydrogen-bond donors (Lipinski definition) is 1. The zero-order valence-corrected chi connectivity index (χ0v) is 14.8. The number of carbonyl (C=O) groups excluding carboxylic acids is 2. The number of benzene rings is 1. The van der Waals surface area contributed by atoms with E-state index in [0.717, 1.165) is 0 Å². The van der Waals surface area contributed by atoms with Crippen molar-refractivity contribution in [2.75, 3.05) is 6.54 Å².